The number of methoxy groups -OCH3 is 1. The zero-order valence-corrected chi connectivity index (χ0v) is 21.9. The molecule has 0 unspecified atom stereocenters. The Kier molecular flexibility index (Phi) is 9.53. The van der Waals surface area contributed by atoms with E-state index >= 15 is 0 Å². The zero-order valence-electron chi connectivity index (χ0n) is 20.3. The van der Waals surface area contributed by atoms with E-state index in [0.29, 0.717) is 25.0 Å². The number of esters is 1. The Morgan fingerprint density at radius 3 is 2.42 bits per heavy atom. The van der Waals surface area contributed by atoms with Crippen molar-refractivity contribution in [2.75, 3.05) is 26.9 Å². The van der Waals surface area contributed by atoms with Gasteiger partial charge in [-0.2, -0.15) is 5.10 Å². The first-order valence-electron chi connectivity index (χ1n) is 11.9. The maximum atomic E-state index is 11.8. The molecular weight excluding hydrogens is 484 g/mol. The fourth-order valence-corrected chi connectivity index (χ4v) is 5.11. The number of benzene rings is 1. The Morgan fingerprint density at radius 1 is 1.12 bits per heavy atom. The second-order valence-corrected chi connectivity index (χ2v) is 10.6. The van der Waals surface area contributed by atoms with E-state index in [9.17, 15) is 4.79 Å². The molecular formula is C26H37BrN2O4. The molecule has 1 aliphatic carbocycles. The minimum absolute atomic E-state index is 0.0314. The summed E-state index contributed by atoms with van der Waals surface area (Å²) in [6, 6.07) is 10.4. The molecule has 1 heterocycles. The van der Waals surface area contributed by atoms with Crippen LogP contribution >= 0.6 is 15.9 Å². The third-order valence-corrected chi connectivity index (χ3v) is 6.57. The highest BCUT2D eigenvalue weighted by Crippen LogP contribution is 2.35. The molecule has 0 saturated heterocycles. The largest absolute Gasteiger partial charge is 0.458 e. The molecule has 0 N–H and O–H groups in total. The van der Waals surface area contributed by atoms with Crippen LogP contribution in [0.15, 0.2) is 34.9 Å². The molecule has 1 aromatic carbocycles. The topological polar surface area (TPSA) is 62.6 Å². The molecule has 1 fully saturated rings. The van der Waals surface area contributed by atoms with Gasteiger partial charge in [0.05, 0.1) is 13.2 Å². The van der Waals surface area contributed by atoms with Crippen LogP contribution in [0, 0.1) is 11.8 Å². The molecule has 1 aliphatic rings. The molecule has 33 heavy (non-hydrogen) atoms. The number of hydrogen-bond donors (Lipinski definition) is 0. The number of rotatable bonds is 10. The van der Waals surface area contributed by atoms with Crippen molar-refractivity contribution in [3.05, 3.63) is 40.6 Å². The summed E-state index contributed by atoms with van der Waals surface area (Å²) in [6.45, 7) is 7.84. The molecule has 1 saturated carbocycles. The van der Waals surface area contributed by atoms with Gasteiger partial charge < -0.3 is 14.2 Å². The second-order valence-electron chi connectivity index (χ2n) is 9.89. The summed E-state index contributed by atoms with van der Waals surface area (Å²) in [4.78, 5) is 11.8. The van der Waals surface area contributed by atoms with Crippen LogP contribution in [0.25, 0.3) is 11.1 Å². The highest BCUT2D eigenvalue weighted by molar-refractivity contribution is 9.10. The summed E-state index contributed by atoms with van der Waals surface area (Å²) in [6.07, 6.45) is 5.33. The van der Waals surface area contributed by atoms with Gasteiger partial charge >= 0.3 is 5.97 Å². The standard InChI is InChI=1S/C26H37BrN2O4/c1-26(2,3)33-23(30)18-32-17-20-12-10-19(11-13-20)16-29-22(14-15-31-4)24(25(27)28-29)21-8-6-5-7-9-21/h5-9,19-20H,10-18H2,1-4H3/t19-,20+. The molecule has 0 radical (unpaired) electrons. The van der Waals surface area contributed by atoms with Crippen LogP contribution in [0.4, 0.5) is 0 Å². The molecule has 6 nitrogen and oxygen atoms in total. The van der Waals surface area contributed by atoms with E-state index in [1.54, 1.807) is 7.11 Å². The zero-order chi connectivity index (χ0) is 23.8. The van der Waals surface area contributed by atoms with Crippen LogP contribution < -0.4 is 0 Å². The second kappa shape index (κ2) is 12.1. The van der Waals surface area contributed by atoms with Crippen LogP contribution in [0.2, 0.25) is 0 Å². The number of hydrogen-bond acceptors (Lipinski definition) is 5. The van der Waals surface area contributed by atoms with Gasteiger partial charge in [0.1, 0.15) is 16.8 Å². The quantitative estimate of drug-likeness (QED) is 0.378. The van der Waals surface area contributed by atoms with Gasteiger partial charge in [-0.15, -0.1) is 0 Å². The monoisotopic (exact) mass is 520 g/mol. The average Bonchev–Trinajstić information content (AvgIpc) is 3.07. The Labute approximate surface area is 206 Å². The maximum Gasteiger partial charge on any atom is 0.332 e. The number of nitrogens with zero attached hydrogens (tertiary/aromatic N) is 2. The van der Waals surface area contributed by atoms with Crippen molar-refractivity contribution in [1.82, 2.24) is 9.78 Å². The van der Waals surface area contributed by atoms with E-state index in [1.807, 2.05) is 26.8 Å². The molecule has 1 aromatic heterocycles. The van der Waals surface area contributed by atoms with Gasteiger partial charge in [0.2, 0.25) is 0 Å². The highest BCUT2D eigenvalue weighted by atomic mass is 79.9. The van der Waals surface area contributed by atoms with Crippen molar-refractivity contribution in [2.45, 2.75) is 65.0 Å². The number of carbonyl (C=O) groups excluding carboxylic acids is 1. The van der Waals surface area contributed by atoms with Gasteiger partial charge in [0.15, 0.2) is 0 Å². The highest BCUT2D eigenvalue weighted by Gasteiger charge is 2.25. The van der Waals surface area contributed by atoms with Crippen LogP contribution in [0.3, 0.4) is 0 Å². The number of halogens is 1. The normalized spacial score (nSPS) is 18.9. The summed E-state index contributed by atoms with van der Waals surface area (Å²) in [7, 11) is 1.74. The molecule has 0 spiro atoms. The van der Waals surface area contributed by atoms with Gasteiger partial charge in [-0.1, -0.05) is 30.3 Å². The van der Waals surface area contributed by atoms with E-state index < -0.39 is 5.60 Å². The summed E-state index contributed by atoms with van der Waals surface area (Å²) >= 11 is 3.70. The van der Waals surface area contributed by atoms with Crippen LogP contribution in [0.5, 0.6) is 0 Å². The molecule has 0 aliphatic heterocycles. The van der Waals surface area contributed by atoms with Crippen molar-refractivity contribution < 1.29 is 19.0 Å². The van der Waals surface area contributed by atoms with E-state index in [0.717, 1.165) is 48.8 Å². The Morgan fingerprint density at radius 2 is 1.79 bits per heavy atom. The lowest BCUT2D eigenvalue weighted by Crippen LogP contribution is -2.28. The number of carbonyl (C=O) groups is 1. The average molecular weight is 521 g/mol. The number of ether oxygens (including phenoxy) is 3. The van der Waals surface area contributed by atoms with Gasteiger partial charge in [-0.3, -0.25) is 4.68 Å². The van der Waals surface area contributed by atoms with Gasteiger partial charge in [-0.25, -0.2) is 4.79 Å². The van der Waals surface area contributed by atoms with E-state index in [2.05, 4.69) is 44.9 Å². The SMILES string of the molecule is COCCc1c(-c2ccccc2)c(Br)nn1C[C@H]1CC[C@@H](COCC(=O)OC(C)(C)C)CC1. The molecule has 0 amide bonds. The van der Waals surface area contributed by atoms with Crippen LogP contribution in [-0.2, 0) is 32.0 Å². The number of aromatic nitrogens is 2. The molecule has 7 heteroatoms. The molecule has 182 valence electrons. The lowest BCUT2D eigenvalue weighted by Gasteiger charge is -2.29. The summed E-state index contributed by atoms with van der Waals surface area (Å²) in [5, 5.41) is 4.85. The minimum atomic E-state index is -0.470. The summed E-state index contributed by atoms with van der Waals surface area (Å²) in [5.74, 6) is 0.794. The first-order valence-corrected chi connectivity index (χ1v) is 12.6. The Bertz CT molecular complexity index is 884. The molecule has 2 aromatic rings. The molecule has 0 atom stereocenters. The Balaban J connectivity index is 1.54. The van der Waals surface area contributed by atoms with Crippen molar-refractivity contribution >= 4 is 21.9 Å². The van der Waals surface area contributed by atoms with Crippen LogP contribution in [0.1, 0.15) is 52.1 Å². The van der Waals surface area contributed by atoms with E-state index in [4.69, 9.17) is 19.3 Å². The predicted octanol–water partition coefficient (Wildman–Crippen LogP) is 5.67. The summed E-state index contributed by atoms with van der Waals surface area (Å²) < 4.78 is 19.4. The fraction of sp³-hybridized carbons (Fsp3) is 0.615. The van der Waals surface area contributed by atoms with Gasteiger partial charge in [0.25, 0.3) is 0 Å². The fourth-order valence-electron chi connectivity index (χ4n) is 4.46. The predicted molar refractivity (Wildman–Crippen MR) is 133 cm³/mol. The van der Waals surface area contributed by atoms with Crippen molar-refractivity contribution in [3.8, 4) is 11.1 Å². The van der Waals surface area contributed by atoms with E-state index in [-0.39, 0.29) is 12.6 Å². The van der Waals surface area contributed by atoms with Gasteiger partial charge in [-0.05, 0) is 79.8 Å². The van der Waals surface area contributed by atoms with Crippen molar-refractivity contribution in [1.29, 1.82) is 0 Å². The van der Waals surface area contributed by atoms with E-state index in [1.165, 1.54) is 11.3 Å². The first-order chi connectivity index (χ1) is 15.8. The summed E-state index contributed by atoms with van der Waals surface area (Å²) in [5.41, 5.74) is 3.09. The smallest absolute Gasteiger partial charge is 0.332 e. The molecule has 0 bridgehead atoms. The van der Waals surface area contributed by atoms with Crippen molar-refractivity contribution in [2.24, 2.45) is 11.8 Å². The minimum Gasteiger partial charge on any atom is -0.458 e. The lowest BCUT2D eigenvalue weighted by atomic mass is 9.82. The van der Waals surface area contributed by atoms with Crippen molar-refractivity contribution in [3.63, 3.8) is 0 Å². The maximum absolute atomic E-state index is 11.8. The van der Waals surface area contributed by atoms with Crippen LogP contribution in [-0.4, -0.2) is 48.3 Å². The Hall–Kier alpha value is -1.70. The first kappa shape index (κ1) is 25.9. The third kappa shape index (κ3) is 7.94. The molecule has 3 rings (SSSR count). The third-order valence-electron chi connectivity index (χ3n) is 6.01. The van der Waals surface area contributed by atoms with Gasteiger partial charge in [0, 0.05) is 31.3 Å². The lowest BCUT2D eigenvalue weighted by molar-refractivity contribution is -0.160.